The van der Waals surface area contributed by atoms with Crippen LogP contribution in [0.4, 0.5) is 0 Å². The summed E-state index contributed by atoms with van der Waals surface area (Å²) in [6, 6.07) is 3.28. The Kier molecular flexibility index (Phi) is 6.71. The van der Waals surface area contributed by atoms with Gasteiger partial charge in [-0.1, -0.05) is 25.3 Å². The highest BCUT2D eigenvalue weighted by molar-refractivity contribution is 7.91. The van der Waals surface area contributed by atoms with Crippen LogP contribution in [0.15, 0.2) is 21.7 Å². The van der Waals surface area contributed by atoms with E-state index in [4.69, 9.17) is 0 Å². The molecule has 1 aromatic rings. The second-order valence-corrected chi connectivity index (χ2v) is 10.6. The molecule has 26 heavy (non-hydrogen) atoms. The Morgan fingerprint density at radius 1 is 1.31 bits per heavy atom. The van der Waals surface area contributed by atoms with E-state index in [1.807, 2.05) is 6.92 Å². The van der Waals surface area contributed by atoms with E-state index < -0.39 is 10.0 Å². The molecule has 6 nitrogen and oxygen atoms in total. The van der Waals surface area contributed by atoms with E-state index in [0.29, 0.717) is 36.3 Å². The lowest BCUT2D eigenvalue weighted by Crippen LogP contribution is -3.19. The lowest BCUT2D eigenvalue weighted by Gasteiger charge is -2.34. The van der Waals surface area contributed by atoms with Gasteiger partial charge < -0.3 is 10.2 Å². The molecule has 1 saturated carbocycles. The minimum atomic E-state index is -3.37. The summed E-state index contributed by atoms with van der Waals surface area (Å²) in [4.78, 5) is 13.7. The molecular weight excluding hydrogens is 370 g/mol. The van der Waals surface area contributed by atoms with Gasteiger partial charge >= 0.3 is 0 Å². The van der Waals surface area contributed by atoms with Crippen molar-refractivity contribution in [3.8, 4) is 0 Å². The van der Waals surface area contributed by atoms with Gasteiger partial charge in [-0.15, -0.1) is 11.3 Å². The highest BCUT2D eigenvalue weighted by Gasteiger charge is 2.34. The fraction of sp³-hybridized carbons (Fsp3) is 0.722. The Morgan fingerprint density at radius 3 is 2.62 bits per heavy atom. The maximum atomic E-state index is 12.6. The average molecular weight is 401 g/mol. The molecule has 0 spiro atoms. The van der Waals surface area contributed by atoms with Crippen molar-refractivity contribution in [1.82, 2.24) is 9.62 Å². The summed E-state index contributed by atoms with van der Waals surface area (Å²) in [7, 11) is -3.37. The molecule has 2 fully saturated rings. The number of hydrogen-bond acceptors (Lipinski definition) is 4. The number of thiophene rings is 1. The molecule has 1 atom stereocenters. The molecule has 8 heteroatoms. The Morgan fingerprint density at radius 2 is 2.00 bits per heavy atom. The second-order valence-electron chi connectivity index (χ2n) is 7.47. The van der Waals surface area contributed by atoms with E-state index in [2.05, 4.69) is 5.32 Å². The van der Waals surface area contributed by atoms with Crippen LogP contribution in [0.5, 0.6) is 0 Å². The molecule has 2 heterocycles. The third-order valence-electron chi connectivity index (χ3n) is 5.75. The van der Waals surface area contributed by atoms with E-state index in [-0.39, 0.29) is 11.9 Å². The summed E-state index contributed by atoms with van der Waals surface area (Å²) in [6.45, 7) is 5.02. The number of amides is 1. The minimum absolute atomic E-state index is 0.0973. The lowest BCUT2D eigenvalue weighted by molar-refractivity contribution is -0.917. The highest BCUT2D eigenvalue weighted by atomic mass is 32.2. The summed E-state index contributed by atoms with van der Waals surface area (Å²) < 4.78 is 27.1. The molecule has 146 valence electrons. The maximum absolute atomic E-state index is 12.6. The smallest absolute Gasteiger partial charge is 0.278 e. The van der Waals surface area contributed by atoms with Crippen molar-refractivity contribution >= 4 is 27.3 Å². The zero-order chi connectivity index (χ0) is 18.6. The molecule has 0 unspecified atom stereocenters. The number of quaternary nitrogens is 1. The third-order valence-corrected chi connectivity index (χ3v) is 9.02. The average Bonchev–Trinajstić information content (AvgIpc) is 3.22. The molecule has 0 bridgehead atoms. The van der Waals surface area contributed by atoms with E-state index >= 15 is 0 Å². The molecule has 1 aliphatic heterocycles. The molecule has 2 N–H and O–H groups in total. The molecule has 0 aromatic carbocycles. The Balaban J connectivity index is 1.47. The first-order valence-corrected chi connectivity index (χ1v) is 12.0. The van der Waals surface area contributed by atoms with E-state index in [9.17, 15) is 13.2 Å². The van der Waals surface area contributed by atoms with Gasteiger partial charge in [0.1, 0.15) is 4.21 Å². The predicted molar refractivity (Wildman–Crippen MR) is 103 cm³/mol. The summed E-state index contributed by atoms with van der Waals surface area (Å²) in [5, 5.41) is 4.91. The number of nitrogens with zero attached hydrogens (tertiary/aromatic N) is 1. The van der Waals surface area contributed by atoms with Crippen LogP contribution in [0.1, 0.15) is 39.0 Å². The fourth-order valence-electron chi connectivity index (χ4n) is 3.96. The van der Waals surface area contributed by atoms with Gasteiger partial charge in [0.2, 0.25) is 0 Å². The van der Waals surface area contributed by atoms with Crippen LogP contribution in [0, 0.1) is 5.92 Å². The van der Waals surface area contributed by atoms with Crippen molar-refractivity contribution in [2.75, 3.05) is 32.7 Å². The van der Waals surface area contributed by atoms with Crippen molar-refractivity contribution in [1.29, 1.82) is 0 Å². The van der Waals surface area contributed by atoms with Crippen molar-refractivity contribution in [2.45, 2.75) is 49.3 Å². The van der Waals surface area contributed by atoms with E-state index in [1.54, 1.807) is 21.8 Å². The Labute approximate surface area is 160 Å². The van der Waals surface area contributed by atoms with Crippen LogP contribution in [0.25, 0.3) is 0 Å². The SMILES string of the molecule is C[C@@H](C(=O)NCC1CCCCC1)[NH+]1CCN(S(=O)(=O)c2cccs2)CC1. The molecular formula is C18H30N3O3S2+. The van der Waals surface area contributed by atoms with E-state index in [0.717, 1.165) is 6.54 Å². The molecule has 1 amide bonds. The van der Waals surface area contributed by atoms with Crippen molar-refractivity contribution in [2.24, 2.45) is 5.92 Å². The number of carbonyl (C=O) groups is 1. The topological polar surface area (TPSA) is 70.9 Å². The van der Waals surface area contributed by atoms with Gasteiger partial charge in [0.25, 0.3) is 15.9 Å². The molecule has 3 rings (SSSR count). The first-order chi connectivity index (χ1) is 12.5. The monoisotopic (exact) mass is 400 g/mol. The molecule has 0 radical (unpaired) electrons. The minimum Gasteiger partial charge on any atom is -0.351 e. The fourth-order valence-corrected chi connectivity index (χ4v) is 6.54. The van der Waals surface area contributed by atoms with Gasteiger partial charge in [-0.2, -0.15) is 4.31 Å². The van der Waals surface area contributed by atoms with Crippen molar-refractivity contribution in [3.05, 3.63) is 17.5 Å². The zero-order valence-electron chi connectivity index (χ0n) is 15.4. The molecule has 1 aromatic heterocycles. The van der Waals surface area contributed by atoms with Gasteiger partial charge in [0.15, 0.2) is 6.04 Å². The number of hydrogen-bond donors (Lipinski definition) is 2. The van der Waals surface area contributed by atoms with E-state index in [1.165, 1.54) is 48.3 Å². The summed E-state index contributed by atoms with van der Waals surface area (Å²) in [6.07, 6.45) is 6.33. The van der Waals surface area contributed by atoms with Gasteiger partial charge in [-0.05, 0) is 37.1 Å². The number of piperazine rings is 1. The highest BCUT2D eigenvalue weighted by Crippen LogP contribution is 2.23. The van der Waals surface area contributed by atoms with Crippen LogP contribution in [0.2, 0.25) is 0 Å². The maximum Gasteiger partial charge on any atom is 0.278 e. The Hall–Kier alpha value is -0.960. The first-order valence-electron chi connectivity index (χ1n) is 9.64. The second kappa shape index (κ2) is 8.82. The molecule has 2 aliphatic rings. The van der Waals surface area contributed by atoms with Gasteiger partial charge in [0.05, 0.1) is 26.2 Å². The standard InChI is InChI=1S/C18H29N3O3S2/c1-15(18(22)19-14-16-6-3-2-4-7-16)20-9-11-21(12-10-20)26(23,24)17-8-5-13-25-17/h5,8,13,15-16H,2-4,6-7,9-12,14H2,1H3,(H,19,22)/p+1/t15-/m0/s1. The van der Waals surface area contributed by atoms with Gasteiger partial charge in [-0.3, -0.25) is 4.79 Å². The van der Waals surface area contributed by atoms with Crippen molar-refractivity contribution in [3.63, 3.8) is 0 Å². The molecule has 1 aliphatic carbocycles. The summed E-state index contributed by atoms with van der Waals surface area (Å²) in [5.41, 5.74) is 0. The number of sulfonamides is 1. The number of nitrogens with one attached hydrogen (secondary N) is 2. The largest absolute Gasteiger partial charge is 0.351 e. The van der Waals surface area contributed by atoms with Gasteiger partial charge in [0, 0.05) is 6.54 Å². The quantitative estimate of drug-likeness (QED) is 0.739. The summed E-state index contributed by atoms with van der Waals surface area (Å²) >= 11 is 1.26. The normalized spacial score (nSPS) is 22.2. The van der Waals surface area contributed by atoms with Crippen LogP contribution in [-0.4, -0.2) is 57.4 Å². The van der Waals surface area contributed by atoms with Gasteiger partial charge in [-0.25, -0.2) is 8.42 Å². The predicted octanol–water partition coefficient (Wildman–Crippen LogP) is 0.722. The van der Waals surface area contributed by atoms with Crippen LogP contribution in [-0.2, 0) is 14.8 Å². The van der Waals surface area contributed by atoms with Crippen LogP contribution in [0.3, 0.4) is 0 Å². The Bertz CT molecular complexity index is 677. The number of rotatable bonds is 6. The molecule has 1 saturated heterocycles. The summed E-state index contributed by atoms with van der Waals surface area (Å²) in [5.74, 6) is 0.725. The lowest BCUT2D eigenvalue weighted by atomic mass is 9.89. The van der Waals surface area contributed by atoms with Crippen molar-refractivity contribution < 1.29 is 18.1 Å². The number of carbonyl (C=O) groups excluding carboxylic acids is 1. The zero-order valence-corrected chi connectivity index (χ0v) is 17.1. The van der Waals surface area contributed by atoms with Crippen LogP contribution < -0.4 is 10.2 Å². The van der Waals surface area contributed by atoms with Crippen LogP contribution >= 0.6 is 11.3 Å². The first kappa shape index (κ1) is 19.8. The third kappa shape index (κ3) is 4.65.